The number of nitrogens with zero attached hydrogens (tertiary/aromatic N) is 3. The van der Waals surface area contributed by atoms with Crippen molar-refractivity contribution in [3.05, 3.63) is 57.6 Å². The zero-order chi connectivity index (χ0) is 26.2. The number of nitrogens with one attached hydrogen (secondary N) is 2. The van der Waals surface area contributed by atoms with E-state index in [1.165, 1.54) is 36.3 Å². The van der Waals surface area contributed by atoms with Crippen molar-refractivity contribution >= 4 is 33.7 Å². The first kappa shape index (κ1) is 27.2. The molecule has 0 aliphatic heterocycles. The summed E-state index contributed by atoms with van der Waals surface area (Å²) in [4.78, 5) is 36.2. The predicted octanol–water partition coefficient (Wildman–Crippen LogP) is 1.22. The summed E-state index contributed by atoms with van der Waals surface area (Å²) in [5.74, 6) is -1.94. The number of benzene rings is 2. The normalized spacial score (nSPS) is 11.3. The number of nitro groups is 1. The third-order valence-electron chi connectivity index (χ3n) is 4.84. The molecule has 3 N–H and O–H groups in total. The van der Waals surface area contributed by atoms with Gasteiger partial charge in [-0.05, 0) is 26.0 Å². The summed E-state index contributed by atoms with van der Waals surface area (Å²) in [6, 6.07) is 7.33. The summed E-state index contributed by atoms with van der Waals surface area (Å²) < 4.78 is 32.6. The number of carbonyl (C=O) groups is 2. The summed E-state index contributed by atoms with van der Waals surface area (Å²) in [5.41, 5.74) is 1.36. The van der Waals surface area contributed by atoms with Crippen LogP contribution in [0.3, 0.4) is 0 Å². The number of aromatic hydroxyl groups is 1. The van der Waals surface area contributed by atoms with Crippen LogP contribution in [0.2, 0.25) is 0 Å². The lowest BCUT2D eigenvalue weighted by Gasteiger charge is -2.19. The van der Waals surface area contributed by atoms with E-state index >= 15 is 0 Å². The number of likely N-dealkylation sites (N-methyl/N-ethyl adjacent to an activating group) is 1. The number of nitro benzene ring substituents is 1. The molecule has 2 aromatic carbocycles. The third-order valence-corrected chi connectivity index (χ3v) is 6.30. The van der Waals surface area contributed by atoms with Crippen molar-refractivity contribution in [3.8, 4) is 11.5 Å². The Labute approximate surface area is 201 Å². The first-order valence-corrected chi connectivity index (χ1v) is 11.8. The number of hydrogen-bond donors (Lipinski definition) is 3. The zero-order valence-corrected chi connectivity index (χ0v) is 20.0. The van der Waals surface area contributed by atoms with E-state index in [0.29, 0.717) is 13.1 Å². The number of phenols is 1. The van der Waals surface area contributed by atoms with Crippen LogP contribution in [0.5, 0.6) is 11.5 Å². The first-order chi connectivity index (χ1) is 16.5. The van der Waals surface area contributed by atoms with Gasteiger partial charge in [0, 0.05) is 24.7 Å². The maximum Gasteiger partial charge on any atom is 0.274 e. The van der Waals surface area contributed by atoms with Gasteiger partial charge in [0.15, 0.2) is 11.5 Å². The van der Waals surface area contributed by atoms with Crippen LogP contribution < -0.4 is 14.9 Å². The molecule has 0 aromatic heterocycles. The molecule has 14 heteroatoms. The molecule has 0 unspecified atom stereocenters. The summed E-state index contributed by atoms with van der Waals surface area (Å²) in [6.07, 6.45) is 0.945. The number of ether oxygens (including phenoxy) is 1. The van der Waals surface area contributed by atoms with Crippen LogP contribution >= 0.6 is 0 Å². The molecule has 2 amide bonds. The smallest absolute Gasteiger partial charge is 0.274 e. The first-order valence-electron chi connectivity index (χ1n) is 10.3. The van der Waals surface area contributed by atoms with Crippen molar-refractivity contribution in [2.24, 2.45) is 5.10 Å². The van der Waals surface area contributed by atoms with Crippen LogP contribution in [-0.4, -0.2) is 68.1 Å². The number of sulfonamides is 1. The van der Waals surface area contributed by atoms with Gasteiger partial charge in [-0.3, -0.25) is 19.7 Å². The van der Waals surface area contributed by atoms with Gasteiger partial charge in [0.05, 0.1) is 41.3 Å². The maximum atomic E-state index is 12.8. The Balaban J connectivity index is 2.24. The highest BCUT2D eigenvalue weighted by atomic mass is 32.2. The lowest BCUT2D eigenvalue weighted by Crippen LogP contribution is -2.40. The van der Waals surface area contributed by atoms with Crippen LogP contribution in [0.1, 0.15) is 29.8 Å². The molecular formula is C21H25N5O8S. The maximum absolute atomic E-state index is 12.8. The minimum Gasteiger partial charge on any atom is -0.504 e. The van der Waals surface area contributed by atoms with Gasteiger partial charge < -0.3 is 14.7 Å². The molecule has 2 rings (SSSR count). The fourth-order valence-electron chi connectivity index (χ4n) is 3.01. The van der Waals surface area contributed by atoms with Gasteiger partial charge in [0.2, 0.25) is 15.9 Å². The van der Waals surface area contributed by atoms with Gasteiger partial charge in [-0.15, -0.1) is 0 Å². The van der Waals surface area contributed by atoms with Crippen molar-refractivity contribution in [2.75, 3.05) is 26.7 Å². The van der Waals surface area contributed by atoms with Crippen LogP contribution in [0, 0.1) is 10.1 Å². The Bertz CT molecular complexity index is 1240. The third kappa shape index (κ3) is 6.74. The highest BCUT2D eigenvalue weighted by Gasteiger charge is 2.23. The number of methoxy groups -OCH3 is 1. The average Bonchev–Trinajstić information content (AvgIpc) is 2.84. The fourth-order valence-corrected chi connectivity index (χ4v) is 4.18. The largest absolute Gasteiger partial charge is 0.504 e. The van der Waals surface area contributed by atoms with E-state index in [-0.39, 0.29) is 27.5 Å². The van der Waals surface area contributed by atoms with Crippen LogP contribution in [-0.2, 0) is 14.8 Å². The van der Waals surface area contributed by atoms with Gasteiger partial charge >= 0.3 is 0 Å². The number of rotatable bonds is 11. The second kappa shape index (κ2) is 11.9. The summed E-state index contributed by atoms with van der Waals surface area (Å²) in [7, 11) is -3.02. The highest BCUT2D eigenvalue weighted by molar-refractivity contribution is 7.89. The molecule has 188 valence electrons. The zero-order valence-electron chi connectivity index (χ0n) is 19.2. The molecule has 0 atom stereocenters. The molecule has 0 aliphatic carbocycles. The highest BCUT2D eigenvalue weighted by Crippen LogP contribution is 2.33. The fraction of sp³-hybridized carbons (Fsp3) is 0.286. The van der Waals surface area contributed by atoms with Gasteiger partial charge in [-0.1, -0.05) is 12.1 Å². The van der Waals surface area contributed by atoms with Crippen molar-refractivity contribution in [1.82, 2.24) is 15.0 Å². The number of amides is 2. The van der Waals surface area contributed by atoms with E-state index in [2.05, 4.69) is 15.2 Å². The van der Waals surface area contributed by atoms with Crippen LogP contribution in [0.4, 0.5) is 5.69 Å². The van der Waals surface area contributed by atoms with E-state index in [1.54, 1.807) is 13.8 Å². The number of carbonyl (C=O) groups excluding carboxylic acids is 2. The van der Waals surface area contributed by atoms with Gasteiger partial charge in [-0.25, -0.2) is 18.6 Å². The van der Waals surface area contributed by atoms with E-state index in [0.717, 1.165) is 18.3 Å². The second-order valence-corrected chi connectivity index (χ2v) is 8.66. The minimum atomic E-state index is -4.23. The molecule has 0 fully saturated rings. The van der Waals surface area contributed by atoms with E-state index < -0.39 is 39.1 Å². The molecule has 35 heavy (non-hydrogen) atoms. The molecule has 2 aromatic rings. The Morgan fingerprint density at radius 3 is 2.49 bits per heavy atom. The van der Waals surface area contributed by atoms with Crippen molar-refractivity contribution < 1.29 is 32.8 Å². The summed E-state index contributed by atoms with van der Waals surface area (Å²) in [6.45, 7) is 3.88. The second-order valence-electron chi connectivity index (χ2n) is 6.93. The summed E-state index contributed by atoms with van der Waals surface area (Å²) >= 11 is 0. The van der Waals surface area contributed by atoms with Crippen molar-refractivity contribution in [3.63, 3.8) is 0 Å². The van der Waals surface area contributed by atoms with Crippen LogP contribution in [0.15, 0.2) is 46.4 Å². The van der Waals surface area contributed by atoms with E-state index in [9.17, 15) is 33.2 Å². The van der Waals surface area contributed by atoms with Gasteiger partial charge in [0.1, 0.15) is 0 Å². The monoisotopic (exact) mass is 507 g/mol. The molecule has 0 bridgehead atoms. The van der Waals surface area contributed by atoms with Crippen molar-refractivity contribution in [1.29, 1.82) is 0 Å². The number of phenolic OH excluding ortho intramolecular Hbond substituents is 1. The number of hydrogen-bond acceptors (Lipinski definition) is 9. The molecule has 0 aliphatic rings. The summed E-state index contributed by atoms with van der Waals surface area (Å²) in [5, 5.41) is 24.9. The molecule has 0 heterocycles. The standard InChI is InChI=1S/C21H25N5O8S/c1-4-25(5-2)19(27)13-23-35(32,33)18-9-7-6-8-16(18)21(29)24-22-12-14-10-15(26(30)31)11-17(34-3)20(14)28/h6-12,23,28H,4-5,13H2,1-3H3,(H,24,29)/b22-12+. The van der Waals surface area contributed by atoms with Gasteiger partial charge in [0.25, 0.3) is 11.6 Å². The molecule has 13 nitrogen and oxygen atoms in total. The minimum absolute atomic E-state index is 0.117. The Morgan fingerprint density at radius 1 is 1.23 bits per heavy atom. The van der Waals surface area contributed by atoms with Crippen LogP contribution in [0.25, 0.3) is 0 Å². The van der Waals surface area contributed by atoms with E-state index in [1.807, 2.05) is 0 Å². The lowest BCUT2D eigenvalue weighted by atomic mass is 10.1. The Morgan fingerprint density at radius 2 is 1.89 bits per heavy atom. The molecule has 0 saturated carbocycles. The molecule has 0 radical (unpaired) electrons. The lowest BCUT2D eigenvalue weighted by molar-refractivity contribution is -0.385. The average molecular weight is 508 g/mol. The molecule has 0 saturated heterocycles. The predicted molar refractivity (Wildman–Crippen MR) is 126 cm³/mol. The topological polar surface area (TPSA) is 181 Å². The van der Waals surface area contributed by atoms with E-state index in [4.69, 9.17) is 4.74 Å². The molecular weight excluding hydrogens is 482 g/mol. The Kier molecular flexibility index (Phi) is 9.25. The van der Waals surface area contributed by atoms with Gasteiger partial charge in [-0.2, -0.15) is 5.10 Å². The number of non-ortho nitro benzene ring substituents is 1. The Hall–Kier alpha value is -4.04. The SMILES string of the molecule is CCN(CC)C(=O)CNS(=O)(=O)c1ccccc1C(=O)N/N=C/c1cc([N+](=O)[O-])cc(OC)c1O. The molecule has 0 spiro atoms. The number of hydrazone groups is 1. The van der Waals surface area contributed by atoms with Crippen molar-refractivity contribution in [2.45, 2.75) is 18.7 Å². The quantitative estimate of drug-likeness (QED) is 0.230.